The zero-order valence-electron chi connectivity index (χ0n) is 15.5. The van der Waals surface area contributed by atoms with Crippen LogP contribution in [0.25, 0.3) is 0 Å². The number of hydrogen-bond acceptors (Lipinski definition) is 3. The molecule has 0 atom stereocenters. The van der Waals surface area contributed by atoms with Gasteiger partial charge in [-0.1, -0.05) is 30.0 Å². The van der Waals surface area contributed by atoms with Gasteiger partial charge in [-0.25, -0.2) is 0 Å². The van der Waals surface area contributed by atoms with Gasteiger partial charge >= 0.3 is 0 Å². The number of amides is 1. The van der Waals surface area contributed by atoms with Crippen molar-refractivity contribution in [2.45, 2.75) is 32.1 Å². The first kappa shape index (κ1) is 17.8. The first-order valence-electron chi connectivity index (χ1n) is 9.44. The van der Waals surface area contributed by atoms with E-state index in [0.29, 0.717) is 22.6 Å². The molecule has 1 heterocycles. The summed E-state index contributed by atoms with van der Waals surface area (Å²) >= 11 is 0. The van der Waals surface area contributed by atoms with Crippen molar-refractivity contribution >= 4 is 23.0 Å². The van der Waals surface area contributed by atoms with E-state index >= 15 is 0 Å². The highest BCUT2D eigenvalue weighted by atomic mass is 16.1. The van der Waals surface area contributed by atoms with Gasteiger partial charge in [0.2, 0.25) is 5.91 Å². The second-order valence-corrected chi connectivity index (χ2v) is 6.93. The normalized spacial score (nSPS) is 15.6. The monoisotopic (exact) mass is 365 g/mol. The van der Waals surface area contributed by atoms with Gasteiger partial charge in [0, 0.05) is 5.56 Å². The fourth-order valence-electron chi connectivity index (χ4n) is 3.38. The Labute approximate surface area is 164 Å². The van der Waals surface area contributed by atoms with Gasteiger partial charge in [-0.3, -0.25) is 9.79 Å². The molecule has 2 aromatic rings. The second-order valence-electron chi connectivity index (χ2n) is 6.93. The molecule has 0 aromatic heterocycles. The average Bonchev–Trinajstić information content (AvgIpc) is 2.90. The Morgan fingerprint density at radius 1 is 1.04 bits per heavy atom. The molecule has 0 unspecified atom stereocenters. The number of allylic oxidation sites excluding steroid dienone is 2. The minimum Gasteiger partial charge on any atom is -0.324 e. The quantitative estimate of drug-likeness (QED) is 0.733. The van der Waals surface area contributed by atoms with E-state index in [2.05, 4.69) is 29.3 Å². The lowest BCUT2D eigenvalue weighted by molar-refractivity contribution is -0.115. The van der Waals surface area contributed by atoms with Crippen molar-refractivity contribution in [1.29, 1.82) is 5.26 Å². The molecule has 0 saturated carbocycles. The van der Waals surface area contributed by atoms with Crippen LogP contribution in [0.15, 0.2) is 59.1 Å². The summed E-state index contributed by atoms with van der Waals surface area (Å²) < 4.78 is 0. The van der Waals surface area contributed by atoms with E-state index in [0.717, 1.165) is 24.0 Å². The molecule has 1 aliphatic heterocycles. The number of nitrogens with one attached hydrogen (secondary N) is 1. The van der Waals surface area contributed by atoms with Crippen LogP contribution >= 0.6 is 0 Å². The Balaban J connectivity index is 1.67. The Morgan fingerprint density at radius 2 is 1.96 bits per heavy atom. The number of anilines is 1. The number of hydrogen-bond donors (Lipinski definition) is 1. The SMILES string of the molecule is N#Cc1cccc(C2=Nc3ccc(C#CC4=CCCCC4)cc3NC(=O)C2)c1. The number of benzene rings is 2. The molecule has 0 spiro atoms. The number of fused-ring (bicyclic) bond motifs is 1. The number of nitrogens with zero attached hydrogens (tertiary/aromatic N) is 2. The van der Waals surface area contributed by atoms with Gasteiger partial charge < -0.3 is 5.32 Å². The molecule has 136 valence electrons. The van der Waals surface area contributed by atoms with Crippen molar-refractivity contribution in [1.82, 2.24) is 0 Å². The topological polar surface area (TPSA) is 65.2 Å². The van der Waals surface area contributed by atoms with E-state index in [9.17, 15) is 4.79 Å². The first-order valence-corrected chi connectivity index (χ1v) is 9.44. The van der Waals surface area contributed by atoms with Crippen molar-refractivity contribution in [3.8, 4) is 17.9 Å². The van der Waals surface area contributed by atoms with Gasteiger partial charge in [0.15, 0.2) is 0 Å². The molecule has 4 nitrogen and oxygen atoms in total. The lowest BCUT2D eigenvalue weighted by Gasteiger charge is -2.06. The molecular formula is C24H19N3O. The molecule has 2 aliphatic rings. The summed E-state index contributed by atoms with van der Waals surface area (Å²) in [6.45, 7) is 0. The third-order valence-electron chi connectivity index (χ3n) is 4.84. The van der Waals surface area contributed by atoms with E-state index in [1.807, 2.05) is 24.3 Å². The summed E-state index contributed by atoms with van der Waals surface area (Å²) in [5, 5.41) is 12.0. The molecule has 4 heteroatoms. The Bertz CT molecular complexity index is 1110. The van der Waals surface area contributed by atoms with Gasteiger partial charge in [0.1, 0.15) is 0 Å². The number of nitriles is 1. The number of carbonyl (C=O) groups is 1. The van der Waals surface area contributed by atoms with Gasteiger partial charge in [0.25, 0.3) is 0 Å². The minimum atomic E-state index is -0.125. The van der Waals surface area contributed by atoms with Gasteiger partial charge in [-0.05, 0) is 67.2 Å². The molecule has 1 amide bonds. The molecule has 0 fully saturated rings. The van der Waals surface area contributed by atoms with Crippen LogP contribution in [0.3, 0.4) is 0 Å². The standard InChI is InChI=1S/C24H19N3O/c25-16-19-7-4-8-20(13-19)22-15-24(28)27-23-14-18(11-12-21(23)26-22)10-9-17-5-2-1-3-6-17/h4-5,7-8,11-14H,1-3,6,15H2,(H,27,28). The van der Waals surface area contributed by atoms with E-state index in [1.54, 1.807) is 18.2 Å². The molecule has 28 heavy (non-hydrogen) atoms. The summed E-state index contributed by atoms with van der Waals surface area (Å²) in [7, 11) is 0. The Morgan fingerprint density at radius 3 is 2.79 bits per heavy atom. The van der Waals surface area contributed by atoms with Crippen molar-refractivity contribution in [2.75, 3.05) is 5.32 Å². The summed E-state index contributed by atoms with van der Waals surface area (Å²) in [4.78, 5) is 17.1. The van der Waals surface area contributed by atoms with Crippen molar-refractivity contribution in [2.24, 2.45) is 4.99 Å². The maximum absolute atomic E-state index is 12.4. The largest absolute Gasteiger partial charge is 0.324 e. The predicted molar refractivity (Wildman–Crippen MR) is 110 cm³/mol. The van der Waals surface area contributed by atoms with E-state index in [1.165, 1.54) is 18.4 Å². The van der Waals surface area contributed by atoms with Crippen molar-refractivity contribution in [3.05, 3.63) is 70.8 Å². The zero-order valence-corrected chi connectivity index (χ0v) is 15.5. The number of rotatable bonds is 1. The first-order chi connectivity index (χ1) is 13.7. The fraction of sp³-hybridized carbons (Fsp3) is 0.208. The summed E-state index contributed by atoms with van der Waals surface area (Å²) in [5.74, 6) is 6.33. The third kappa shape index (κ3) is 4.03. The summed E-state index contributed by atoms with van der Waals surface area (Å²) in [6.07, 6.45) is 6.98. The maximum Gasteiger partial charge on any atom is 0.230 e. The summed E-state index contributed by atoms with van der Waals surface area (Å²) in [5.41, 5.74) is 5.41. The van der Waals surface area contributed by atoms with Crippen LogP contribution in [0.2, 0.25) is 0 Å². The lowest BCUT2D eigenvalue weighted by atomic mass is 10.00. The van der Waals surface area contributed by atoms with Crippen LogP contribution in [0, 0.1) is 23.2 Å². The van der Waals surface area contributed by atoms with Crippen molar-refractivity contribution in [3.63, 3.8) is 0 Å². The molecule has 0 bridgehead atoms. The Kier molecular flexibility index (Phi) is 5.04. The van der Waals surface area contributed by atoms with Crippen LogP contribution in [0.1, 0.15) is 48.8 Å². The molecule has 1 aliphatic carbocycles. The van der Waals surface area contributed by atoms with Crippen LogP contribution in [-0.2, 0) is 4.79 Å². The molecule has 0 saturated heterocycles. The second kappa shape index (κ2) is 7.94. The van der Waals surface area contributed by atoms with Crippen molar-refractivity contribution < 1.29 is 4.79 Å². The average molecular weight is 365 g/mol. The minimum absolute atomic E-state index is 0.125. The molecule has 1 N–H and O–H groups in total. The zero-order chi connectivity index (χ0) is 19.3. The highest BCUT2D eigenvalue weighted by Gasteiger charge is 2.17. The Hall–Kier alpha value is -3.63. The van der Waals surface area contributed by atoms with Gasteiger partial charge in [-0.15, -0.1) is 0 Å². The molecule has 0 radical (unpaired) electrons. The third-order valence-corrected chi connectivity index (χ3v) is 4.84. The van der Waals surface area contributed by atoms with Gasteiger partial charge in [-0.2, -0.15) is 5.26 Å². The van der Waals surface area contributed by atoms with Crippen LogP contribution in [0.5, 0.6) is 0 Å². The van der Waals surface area contributed by atoms with Gasteiger partial charge in [0.05, 0.1) is 35.1 Å². The van der Waals surface area contributed by atoms with Crippen LogP contribution in [-0.4, -0.2) is 11.6 Å². The van der Waals surface area contributed by atoms with Crippen LogP contribution < -0.4 is 5.32 Å². The predicted octanol–water partition coefficient (Wildman–Crippen LogP) is 4.87. The molecule has 4 rings (SSSR count). The van der Waals surface area contributed by atoms with E-state index < -0.39 is 0 Å². The molecule has 2 aromatic carbocycles. The highest BCUT2D eigenvalue weighted by molar-refractivity contribution is 6.17. The summed E-state index contributed by atoms with van der Waals surface area (Å²) in [6, 6.07) is 15.0. The smallest absolute Gasteiger partial charge is 0.230 e. The maximum atomic E-state index is 12.4. The van der Waals surface area contributed by atoms with E-state index in [-0.39, 0.29) is 12.3 Å². The number of aliphatic imine (C=N–C) groups is 1. The number of carbonyl (C=O) groups excluding carboxylic acids is 1. The van der Waals surface area contributed by atoms with E-state index in [4.69, 9.17) is 10.3 Å². The lowest BCUT2D eigenvalue weighted by Crippen LogP contribution is -2.15. The van der Waals surface area contributed by atoms with Crippen LogP contribution in [0.4, 0.5) is 11.4 Å². The fourth-order valence-corrected chi connectivity index (χ4v) is 3.38. The molecular weight excluding hydrogens is 346 g/mol. The highest BCUT2D eigenvalue weighted by Crippen LogP contribution is 2.30.